The highest BCUT2D eigenvalue weighted by atomic mass is 32.1. The van der Waals surface area contributed by atoms with Crippen LogP contribution in [0.3, 0.4) is 0 Å². The van der Waals surface area contributed by atoms with Gasteiger partial charge in [-0.1, -0.05) is 97.1 Å². The van der Waals surface area contributed by atoms with E-state index in [1.807, 2.05) is 11.3 Å². The highest BCUT2D eigenvalue weighted by Crippen LogP contribution is 2.44. The zero-order valence-corrected chi connectivity index (χ0v) is 21.7. The quantitative estimate of drug-likeness (QED) is 0.244. The van der Waals surface area contributed by atoms with Gasteiger partial charge in [-0.25, -0.2) is 0 Å². The molecule has 0 aliphatic carbocycles. The van der Waals surface area contributed by atoms with Gasteiger partial charge in [-0.15, -0.1) is 11.3 Å². The Labute approximate surface area is 227 Å². The summed E-state index contributed by atoms with van der Waals surface area (Å²) < 4.78 is 9.44. The molecule has 9 aromatic rings. The van der Waals surface area contributed by atoms with Gasteiger partial charge in [-0.2, -0.15) is 0 Å². The molecule has 0 amide bonds. The van der Waals surface area contributed by atoms with Gasteiger partial charge in [0.05, 0.1) is 0 Å². The van der Waals surface area contributed by atoms with Crippen molar-refractivity contribution >= 4 is 75.3 Å². The number of nitrogens with one attached hydrogen (secondary N) is 1. The fraction of sp³-hybridized carbons (Fsp3) is 0. The topological polar surface area (TPSA) is 28.9 Å². The van der Waals surface area contributed by atoms with Gasteiger partial charge in [0.15, 0.2) is 0 Å². The highest BCUT2D eigenvalue weighted by molar-refractivity contribution is 7.26. The van der Waals surface area contributed by atoms with E-state index in [-0.39, 0.29) is 0 Å². The van der Waals surface area contributed by atoms with Gasteiger partial charge in [0, 0.05) is 69.4 Å². The van der Waals surface area contributed by atoms with Crippen LogP contribution >= 0.6 is 11.3 Å². The number of rotatable bonds is 2. The maximum atomic E-state index is 6.82. The fourth-order valence-electron chi connectivity index (χ4n) is 6.23. The Balaban J connectivity index is 1.31. The normalized spacial score (nSPS) is 12.1. The van der Waals surface area contributed by atoms with Crippen LogP contribution in [0.15, 0.2) is 126 Å². The van der Waals surface area contributed by atoms with Crippen molar-refractivity contribution in [2.24, 2.45) is 0 Å². The standard InChI is InChI=1S/C36H21NOS/c1-3-16-31-23(8-1)30-20-21(18-19-32(30)37-31)22-10-5-11-25-26-12-6-13-27(35(26)38-34(22)25)29-15-7-14-28-24-9-2-4-17-33(24)39-36(28)29/h1-20,37H. The highest BCUT2D eigenvalue weighted by Gasteiger charge is 2.18. The Hall–Kier alpha value is -4.86. The number of benzene rings is 6. The summed E-state index contributed by atoms with van der Waals surface area (Å²) in [6, 6.07) is 43.5. The molecule has 6 aromatic carbocycles. The van der Waals surface area contributed by atoms with Gasteiger partial charge in [0.1, 0.15) is 11.2 Å². The zero-order valence-electron chi connectivity index (χ0n) is 20.9. The zero-order chi connectivity index (χ0) is 25.5. The molecule has 2 nitrogen and oxygen atoms in total. The van der Waals surface area contributed by atoms with E-state index < -0.39 is 0 Å². The number of aromatic nitrogens is 1. The van der Waals surface area contributed by atoms with Crippen molar-refractivity contribution in [1.29, 1.82) is 0 Å². The fourth-order valence-corrected chi connectivity index (χ4v) is 7.46. The van der Waals surface area contributed by atoms with E-state index in [2.05, 4.69) is 126 Å². The van der Waals surface area contributed by atoms with E-state index in [1.165, 1.54) is 36.5 Å². The number of fused-ring (bicyclic) bond motifs is 9. The average Bonchev–Trinajstić information content (AvgIpc) is 3.68. The van der Waals surface area contributed by atoms with Crippen molar-refractivity contribution in [2.45, 2.75) is 0 Å². The Morgan fingerprint density at radius 3 is 1.97 bits per heavy atom. The summed E-state index contributed by atoms with van der Waals surface area (Å²) in [6.45, 7) is 0. The van der Waals surface area contributed by atoms with E-state index in [4.69, 9.17) is 4.42 Å². The third-order valence-corrected chi connectivity index (χ3v) is 9.26. The predicted molar refractivity (Wildman–Crippen MR) is 167 cm³/mol. The first-order chi connectivity index (χ1) is 19.3. The van der Waals surface area contributed by atoms with Gasteiger partial charge < -0.3 is 9.40 Å². The van der Waals surface area contributed by atoms with Crippen molar-refractivity contribution in [1.82, 2.24) is 4.98 Å². The summed E-state index contributed by atoms with van der Waals surface area (Å²) in [7, 11) is 0. The van der Waals surface area contributed by atoms with Crippen LogP contribution in [-0.2, 0) is 0 Å². The second-order valence-electron chi connectivity index (χ2n) is 10.2. The third-order valence-electron chi connectivity index (χ3n) is 8.04. The minimum Gasteiger partial charge on any atom is -0.455 e. The number of hydrogen-bond acceptors (Lipinski definition) is 2. The van der Waals surface area contributed by atoms with E-state index >= 15 is 0 Å². The molecule has 3 heterocycles. The molecule has 0 bridgehead atoms. The second kappa shape index (κ2) is 7.83. The molecule has 3 heteroatoms. The van der Waals surface area contributed by atoms with Gasteiger partial charge in [-0.3, -0.25) is 0 Å². The lowest BCUT2D eigenvalue weighted by Crippen LogP contribution is -1.79. The lowest BCUT2D eigenvalue weighted by molar-refractivity contribution is 0.671. The molecule has 0 saturated carbocycles. The summed E-state index contributed by atoms with van der Waals surface area (Å²) in [5.41, 5.74) is 8.81. The third kappa shape index (κ3) is 2.96. The lowest BCUT2D eigenvalue weighted by atomic mass is 9.98. The molecule has 0 aliphatic heterocycles. The molecule has 1 N–H and O–H groups in total. The largest absolute Gasteiger partial charge is 0.455 e. The summed E-state index contributed by atoms with van der Waals surface area (Å²) in [6.07, 6.45) is 0. The Kier molecular flexibility index (Phi) is 4.24. The van der Waals surface area contributed by atoms with Crippen molar-refractivity contribution in [3.05, 3.63) is 121 Å². The van der Waals surface area contributed by atoms with Gasteiger partial charge in [0.25, 0.3) is 0 Å². The molecule has 0 spiro atoms. The summed E-state index contributed by atoms with van der Waals surface area (Å²) >= 11 is 1.86. The molecule has 39 heavy (non-hydrogen) atoms. The number of thiophene rings is 1. The van der Waals surface area contributed by atoms with E-state index in [1.54, 1.807) is 0 Å². The molecule has 3 aromatic heterocycles. The molecule has 0 atom stereocenters. The van der Waals surface area contributed by atoms with E-state index in [9.17, 15) is 0 Å². The van der Waals surface area contributed by atoms with Crippen molar-refractivity contribution in [3.63, 3.8) is 0 Å². The summed E-state index contributed by atoms with van der Waals surface area (Å²) in [5.74, 6) is 0. The Bertz CT molecular complexity index is 2400. The molecule has 0 fully saturated rings. The van der Waals surface area contributed by atoms with Gasteiger partial charge in [-0.05, 0) is 29.8 Å². The molecule has 0 aliphatic rings. The molecular weight excluding hydrogens is 494 g/mol. The molecule has 0 saturated heterocycles. The van der Waals surface area contributed by atoms with E-state index in [0.717, 1.165) is 49.7 Å². The number of H-pyrrole nitrogens is 1. The van der Waals surface area contributed by atoms with Crippen LogP contribution in [0.2, 0.25) is 0 Å². The van der Waals surface area contributed by atoms with Crippen LogP contribution in [0.25, 0.3) is 86.2 Å². The molecule has 182 valence electrons. The van der Waals surface area contributed by atoms with Crippen LogP contribution in [0.5, 0.6) is 0 Å². The summed E-state index contributed by atoms with van der Waals surface area (Å²) in [4.78, 5) is 3.54. The monoisotopic (exact) mass is 515 g/mol. The predicted octanol–water partition coefficient (Wildman–Crippen LogP) is 10.9. The van der Waals surface area contributed by atoms with Gasteiger partial charge >= 0.3 is 0 Å². The number of hydrogen-bond donors (Lipinski definition) is 1. The van der Waals surface area contributed by atoms with Crippen molar-refractivity contribution < 1.29 is 4.42 Å². The number of para-hydroxylation sites is 3. The first-order valence-corrected chi connectivity index (χ1v) is 14.0. The van der Waals surface area contributed by atoms with Crippen molar-refractivity contribution in [3.8, 4) is 22.3 Å². The molecule has 9 rings (SSSR count). The first-order valence-electron chi connectivity index (χ1n) is 13.2. The molecule has 0 radical (unpaired) electrons. The van der Waals surface area contributed by atoms with Crippen LogP contribution in [0, 0.1) is 0 Å². The van der Waals surface area contributed by atoms with Gasteiger partial charge in [0.2, 0.25) is 0 Å². The minimum atomic E-state index is 0.933. The molecule has 0 unspecified atom stereocenters. The average molecular weight is 516 g/mol. The second-order valence-corrected chi connectivity index (χ2v) is 11.2. The van der Waals surface area contributed by atoms with E-state index in [0.29, 0.717) is 0 Å². The van der Waals surface area contributed by atoms with Crippen LogP contribution < -0.4 is 0 Å². The summed E-state index contributed by atoms with van der Waals surface area (Å²) in [5, 5.41) is 7.38. The number of aromatic amines is 1. The first kappa shape index (κ1) is 21.1. The Morgan fingerprint density at radius 1 is 0.462 bits per heavy atom. The minimum absolute atomic E-state index is 0.933. The maximum absolute atomic E-state index is 6.82. The maximum Gasteiger partial charge on any atom is 0.143 e. The van der Waals surface area contributed by atoms with Crippen LogP contribution in [0.4, 0.5) is 0 Å². The Morgan fingerprint density at radius 2 is 1.10 bits per heavy atom. The molecular formula is C36H21NOS. The SMILES string of the molecule is c1ccc2c(c1)[nH]c1ccc(-c3cccc4c3oc3c(-c5cccc6c5sc5ccccc56)cccc34)cc12. The smallest absolute Gasteiger partial charge is 0.143 e. The van der Waals surface area contributed by atoms with Crippen molar-refractivity contribution in [2.75, 3.05) is 0 Å². The van der Waals surface area contributed by atoms with Crippen LogP contribution in [0.1, 0.15) is 0 Å². The number of furan rings is 1. The lowest BCUT2D eigenvalue weighted by Gasteiger charge is -2.05. The van der Waals surface area contributed by atoms with Crippen LogP contribution in [-0.4, -0.2) is 4.98 Å².